The van der Waals surface area contributed by atoms with Crippen LogP contribution in [0.4, 0.5) is 11.6 Å². The van der Waals surface area contributed by atoms with Crippen LogP contribution < -0.4 is 14.8 Å². The van der Waals surface area contributed by atoms with Gasteiger partial charge in [-0.15, -0.1) is 10.2 Å². The molecule has 0 spiro atoms. The van der Waals surface area contributed by atoms with Crippen molar-refractivity contribution in [2.45, 2.75) is 102 Å². The smallest absolute Gasteiger partial charge is 0.256 e. The lowest BCUT2D eigenvalue weighted by Crippen LogP contribution is -2.52. The Morgan fingerprint density at radius 2 is 1.69 bits per heavy atom. The number of hydrogen-bond acceptors (Lipinski definition) is 12. The molecule has 262 valence electrons. The van der Waals surface area contributed by atoms with E-state index in [1.54, 1.807) is 30.5 Å². The van der Waals surface area contributed by atoms with Crippen molar-refractivity contribution in [3.8, 4) is 22.8 Å². The standard InChI is InChI=1S/C34H45ClN10O4/c1-22(46-3)12-13-48-33-31(18-44(40-33)26-5-7-27(8-6-26)45-28-9-10-29(45)20-47-19-28)39-34-36-15-25(16-37-34)24-4-11-30(35)32(14-24)49-23(2)17-43-21-38-41-42-43/h4,11,14-16,18,21-23,26-29H,5-10,12-13,17,19-20H2,1-3H3,(H,36,37,39)/t22-,23-,26-,27-,28-,29+/m0/s1. The number of rotatable bonds is 14. The number of nitrogens with zero attached hydrogens (tertiary/aromatic N) is 9. The van der Waals surface area contributed by atoms with Gasteiger partial charge in [-0.05, 0) is 80.5 Å². The number of benzene rings is 1. The lowest BCUT2D eigenvalue weighted by molar-refractivity contribution is -0.0458. The van der Waals surface area contributed by atoms with Crippen molar-refractivity contribution in [1.29, 1.82) is 0 Å². The van der Waals surface area contributed by atoms with Gasteiger partial charge < -0.3 is 24.3 Å². The van der Waals surface area contributed by atoms with Crippen molar-refractivity contribution in [2.24, 2.45) is 0 Å². The predicted octanol–water partition coefficient (Wildman–Crippen LogP) is 5.34. The summed E-state index contributed by atoms with van der Waals surface area (Å²) in [5, 5.41) is 20.0. The number of ether oxygens (including phenoxy) is 4. The minimum Gasteiger partial charge on any atom is -0.487 e. The fourth-order valence-electron chi connectivity index (χ4n) is 7.29. The van der Waals surface area contributed by atoms with E-state index in [-0.39, 0.29) is 12.2 Å². The Balaban J connectivity index is 1.02. The van der Waals surface area contributed by atoms with Crippen LogP contribution in [0.5, 0.6) is 11.6 Å². The van der Waals surface area contributed by atoms with E-state index in [2.05, 4.69) is 40.4 Å². The first-order valence-corrected chi connectivity index (χ1v) is 17.7. The molecule has 49 heavy (non-hydrogen) atoms. The fraction of sp³-hybridized carbons (Fsp3) is 0.588. The van der Waals surface area contributed by atoms with Gasteiger partial charge in [0.2, 0.25) is 5.95 Å². The first-order valence-electron chi connectivity index (χ1n) is 17.3. The van der Waals surface area contributed by atoms with Gasteiger partial charge in [0.05, 0.1) is 49.7 Å². The molecule has 2 bridgehead atoms. The van der Waals surface area contributed by atoms with Crippen LogP contribution >= 0.6 is 11.6 Å². The Labute approximate surface area is 291 Å². The molecule has 4 aromatic rings. The molecule has 3 fully saturated rings. The van der Waals surface area contributed by atoms with Crippen LogP contribution in [0, 0.1) is 0 Å². The highest BCUT2D eigenvalue weighted by Crippen LogP contribution is 2.39. The number of aromatic nitrogens is 8. The molecule has 0 unspecified atom stereocenters. The van der Waals surface area contributed by atoms with Gasteiger partial charge in [0.15, 0.2) is 0 Å². The maximum Gasteiger partial charge on any atom is 0.256 e. The monoisotopic (exact) mass is 692 g/mol. The van der Waals surface area contributed by atoms with E-state index in [1.807, 2.05) is 38.2 Å². The quantitative estimate of drug-likeness (QED) is 0.182. The molecule has 2 saturated heterocycles. The summed E-state index contributed by atoms with van der Waals surface area (Å²) in [4.78, 5) is 12.0. The Morgan fingerprint density at radius 3 is 2.41 bits per heavy atom. The zero-order valence-corrected chi connectivity index (χ0v) is 29.1. The minimum atomic E-state index is -0.205. The molecule has 1 aliphatic carbocycles. The molecule has 5 heterocycles. The lowest BCUT2D eigenvalue weighted by Gasteiger charge is -2.43. The van der Waals surface area contributed by atoms with Gasteiger partial charge in [-0.1, -0.05) is 17.7 Å². The number of fused-ring (bicyclic) bond motifs is 2. The lowest BCUT2D eigenvalue weighted by atomic mass is 9.89. The van der Waals surface area contributed by atoms with Gasteiger partial charge in [-0.25, -0.2) is 14.6 Å². The second kappa shape index (κ2) is 15.4. The number of halogens is 1. The minimum absolute atomic E-state index is 0.0909. The van der Waals surface area contributed by atoms with Crippen LogP contribution in [0.2, 0.25) is 5.02 Å². The largest absolute Gasteiger partial charge is 0.487 e. The third-order valence-electron chi connectivity index (χ3n) is 9.95. The van der Waals surface area contributed by atoms with Crippen LogP contribution in [-0.2, 0) is 16.0 Å². The van der Waals surface area contributed by atoms with Crippen LogP contribution in [0.15, 0.2) is 43.1 Å². The van der Waals surface area contributed by atoms with E-state index >= 15 is 0 Å². The third-order valence-corrected chi connectivity index (χ3v) is 10.3. The van der Waals surface area contributed by atoms with Gasteiger partial charge in [0, 0.05) is 49.6 Å². The summed E-state index contributed by atoms with van der Waals surface area (Å²) in [6.07, 6.45) is 14.8. The Morgan fingerprint density at radius 1 is 0.959 bits per heavy atom. The van der Waals surface area contributed by atoms with E-state index < -0.39 is 0 Å². The summed E-state index contributed by atoms with van der Waals surface area (Å²) in [5.41, 5.74) is 2.45. The molecule has 0 amide bonds. The molecule has 1 N–H and O–H groups in total. The molecule has 15 heteroatoms. The van der Waals surface area contributed by atoms with Crippen LogP contribution in [-0.4, -0.2) is 102 Å². The number of nitrogens with one attached hydrogen (secondary N) is 1. The fourth-order valence-corrected chi connectivity index (χ4v) is 7.45. The highest BCUT2D eigenvalue weighted by Gasteiger charge is 2.42. The molecule has 4 atom stereocenters. The molecule has 3 aliphatic rings. The second-order valence-electron chi connectivity index (χ2n) is 13.4. The average molecular weight is 693 g/mol. The normalized spacial score (nSPS) is 23.7. The van der Waals surface area contributed by atoms with Crippen molar-refractivity contribution in [1.82, 2.24) is 44.9 Å². The molecule has 0 radical (unpaired) electrons. The maximum atomic E-state index is 6.47. The van der Waals surface area contributed by atoms with Crippen molar-refractivity contribution < 1.29 is 18.9 Å². The first-order chi connectivity index (χ1) is 23.9. The van der Waals surface area contributed by atoms with Crippen molar-refractivity contribution in [2.75, 3.05) is 32.2 Å². The Kier molecular flexibility index (Phi) is 10.5. The summed E-state index contributed by atoms with van der Waals surface area (Å²) in [7, 11) is 1.71. The summed E-state index contributed by atoms with van der Waals surface area (Å²) in [5.74, 6) is 1.55. The zero-order valence-electron chi connectivity index (χ0n) is 28.3. The number of hydrogen-bond donors (Lipinski definition) is 1. The van der Waals surface area contributed by atoms with Crippen LogP contribution in [0.1, 0.15) is 64.8 Å². The first kappa shape index (κ1) is 33.6. The third kappa shape index (κ3) is 7.98. The average Bonchev–Trinajstić information content (AvgIpc) is 3.84. The van der Waals surface area contributed by atoms with Gasteiger partial charge in [0.1, 0.15) is 23.9 Å². The summed E-state index contributed by atoms with van der Waals surface area (Å²) >= 11 is 6.47. The topological polar surface area (TPSA) is 139 Å². The summed E-state index contributed by atoms with van der Waals surface area (Å²) in [6, 6.07) is 7.74. The SMILES string of the molecule is CO[C@@H](C)CCOc1nn([C@H]2CC[C@H](N3[C@@H]4CC[C@H]3COC4)CC2)cc1Nc1ncc(-c2ccc(Cl)c(O[C@@H](C)Cn3cnnn3)c2)cn1. The van der Waals surface area contributed by atoms with Gasteiger partial charge >= 0.3 is 0 Å². The van der Waals surface area contributed by atoms with E-state index in [0.29, 0.717) is 59.9 Å². The highest BCUT2D eigenvalue weighted by atomic mass is 35.5. The zero-order chi connectivity index (χ0) is 33.7. The molecule has 14 nitrogen and oxygen atoms in total. The Hall–Kier alpha value is -3.85. The number of anilines is 2. The van der Waals surface area contributed by atoms with Gasteiger partial charge in [0.25, 0.3) is 5.88 Å². The van der Waals surface area contributed by atoms with Crippen molar-refractivity contribution in [3.63, 3.8) is 0 Å². The summed E-state index contributed by atoms with van der Waals surface area (Å²) in [6.45, 7) is 6.71. The molecular formula is C34H45ClN10O4. The Bertz CT molecular complexity index is 1630. The van der Waals surface area contributed by atoms with Crippen LogP contribution in [0.3, 0.4) is 0 Å². The number of methoxy groups -OCH3 is 1. The number of tetrazole rings is 1. The van der Waals surface area contributed by atoms with E-state index in [1.165, 1.54) is 25.7 Å². The predicted molar refractivity (Wildman–Crippen MR) is 183 cm³/mol. The van der Waals surface area contributed by atoms with E-state index in [9.17, 15) is 0 Å². The number of morpholine rings is 1. The maximum absolute atomic E-state index is 6.47. The molecule has 1 saturated carbocycles. The molecule has 3 aromatic heterocycles. The highest BCUT2D eigenvalue weighted by molar-refractivity contribution is 6.32. The van der Waals surface area contributed by atoms with E-state index in [0.717, 1.165) is 49.3 Å². The van der Waals surface area contributed by atoms with E-state index in [4.69, 9.17) is 35.6 Å². The van der Waals surface area contributed by atoms with Crippen molar-refractivity contribution in [3.05, 3.63) is 48.1 Å². The molecular weight excluding hydrogens is 648 g/mol. The summed E-state index contributed by atoms with van der Waals surface area (Å²) < 4.78 is 27.3. The van der Waals surface area contributed by atoms with Crippen molar-refractivity contribution >= 4 is 23.2 Å². The molecule has 1 aromatic carbocycles. The second-order valence-corrected chi connectivity index (χ2v) is 13.8. The molecule has 7 rings (SSSR count). The molecule has 2 aliphatic heterocycles. The van der Waals surface area contributed by atoms with Crippen LogP contribution in [0.25, 0.3) is 11.1 Å². The van der Waals surface area contributed by atoms with Gasteiger partial charge in [-0.3, -0.25) is 9.58 Å². The van der Waals surface area contributed by atoms with Gasteiger partial charge in [-0.2, -0.15) is 0 Å².